The number of carbonyl (C=O) groups excluding carboxylic acids is 1. The van der Waals surface area contributed by atoms with Gasteiger partial charge in [0.1, 0.15) is 11.9 Å². The second kappa shape index (κ2) is 8.17. The molecule has 0 heterocycles. The fourth-order valence-electron chi connectivity index (χ4n) is 2.22. The Kier molecular flexibility index (Phi) is 6.47. The summed E-state index contributed by atoms with van der Waals surface area (Å²) < 4.78 is 13.6. The fourth-order valence-corrected chi connectivity index (χ4v) is 3.06. The van der Waals surface area contributed by atoms with Crippen molar-refractivity contribution in [2.45, 2.75) is 19.9 Å². The van der Waals surface area contributed by atoms with E-state index in [1.807, 2.05) is 19.9 Å². The fraction of sp³-hybridized carbons (Fsp3) is 0.235. The van der Waals surface area contributed by atoms with Crippen LogP contribution in [0.2, 0.25) is 15.1 Å². The first kappa shape index (κ1) is 19.0. The van der Waals surface area contributed by atoms with Gasteiger partial charge in [-0.3, -0.25) is 4.79 Å². The Labute approximate surface area is 155 Å². The molecule has 2 aromatic rings. The van der Waals surface area contributed by atoms with Crippen LogP contribution in [0.5, 0.6) is 0 Å². The molecule has 0 saturated carbocycles. The van der Waals surface area contributed by atoms with Gasteiger partial charge in [-0.15, -0.1) is 0 Å². The minimum Gasteiger partial charge on any atom is -0.332 e. The van der Waals surface area contributed by atoms with Crippen molar-refractivity contribution >= 4 is 46.4 Å². The van der Waals surface area contributed by atoms with Crippen LogP contribution in [0.3, 0.4) is 0 Å². The molecule has 1 atom stereocenters. The molecule has 128 valence electrons. The zero-order valence-electron chi connectivity index (χ0n) is 13.2. The van der Waals surface area contributed by atoms with E-state index in [1.165, 1.54) is 12.1 Å². The average molecular weight is 391 g/mol. The van der Waals surface area contributed by atoms with Crippen molar-refractivity contribution in [3.05, 3.63) is 62.3 Å². The predicted molar refractivity (Wildman–Crippen MR) is 96.4 cm³/mol. The Morgan fingerprint density at radius 2 is 1.88 bits per heavy atom. The van der Waals surface area contributed by atoms with Gasteiger partial charge in [0.2, 0.25) is 0 Å². The van der Waals surface area contributed by atoms with Crippen LogP contribution in [-0.2, 0) is 4.79 Å². The van der Waals surface area contributed by atoms with Crippen molar-refractivity contribution in [2.24, 2.45) is 0 Å². The standard InChI is InChI=1S/C17H16Cl3FN2O/c1-9-3-4-16(14(20)5-9)23-17(24)8-22-10(2)11-6-15(21)13(19)7-12(11)18/h3-7,10,22H,8H2,1-2H3,(H,23,24)/p+1/t10-/m1/s1. The number of carbonyl (C=O) groups is 1. The molecule has 3 N–H and O–H groups in total. The SMILES string of the molecule is Cc1ccc(NC(=O)C[NH2+][C@H](C)c2cc(F)c(Cl)cc2Cl)c(Cl)c1. The second-order valence-corrected chi connectivity index (χ2v) is 6.77. The number of anilines is 1. The number of nitrogens with one attached hydrogen (secondary N) is 1. The number of nitrogens with two attached hydrogens (primary N) is 1. The van der Waals surface area contributed by atoms with Crippen LogP contribution < -0.4 is 10.6 Å². The van der Waals surface area contributed by atoms with Gasteiger partial charge >= 0.3 is 0 Å². The molecule has 0 unspecified atom stereocenters. The lowest BCUT2D eigenvalue weighted by Crippen LogP contribution is -2.86. The quantitative estimate of drug-likeness (QED) is 0.732. The van der Waals surface area contributed by atoms with Crippen molar-refractivity contribution < 1.29 is 14.5 Å². The number of amides is 1. The Hall–Kier alpha value is -1.33. The van der Waals surface area contributed by atoms with E-state index in [0.29, 0.717) is 21.3 Å². The van der Waals surface area contributed by atoms with Gasteiger partial charge in [0.25, 0.3) is 5.91 Å². The number of rotatable bonds is 5. The van der Waals surface area contributed by atoms with Crippen molar-refractivity contribution in [1.82, 2.24) is 0 Å². The van der Waals surface area contributed by atoms with Gasteiger partial charge < -0.3 is 10.6 Å². The number of quaternary nitrogens is 1. The first-order chi connectivity index (χ1) is 11.3. The van der Waals surface area contributed by atoms with Crippen LogP contribution in [0.1, 0.15) is 24.1 Å². The zero-order valence-corrected chi connectivity index (χ0v) is 15.4. The highest BCUT2D eigenvalue weighted by Crippen LogP contribution is 2.27. The van der Waals surface area contributed by atoms with E-state index in [-0.39, 0.29) is 23.5 Å². The third-order valence-electron chi connectivity index (χ3n) is 3.59. The van der Waals surface area contributed by atoms with E-state index in [4.69, 9.17) is 34.8 Å². The van der Waals surface area contributed by atoms with Crippen LogP contribution in [0.15, 0.2) is 30.3 Å². The van der Waals surface area contributed by atoms with E-state index in [2.05, 4.69) is 5.32 Å². The van der Waals surface area contributed by atoms with Gasteiger partial charge in [0.05, 0.1) is 20.8 Å². The molecule has 0 aliphatic carbocycles. The average Bonchev–Trinajstić information content (AvgIpc) is 2.51. The lowest BCUT2D eigenvalue weighted by Gasteiger charge is -2.14. The molecule has 0 bridgehead atoms. The van der Waals surface area contributed by atoms with Crippen LogP contribution >= 0.6 is 34.8 Å². The van der Waals surface area contributed by atoms with Crippen LogP contribution in [0, 0.1) is 12.7 Å². The van der Waals surface area contributed by atoms with Crippen molar-refractivity contribution in [3.63, 3.8) is 0 Å². The summed E-state index contributed by atoms with van der Waals surface area (Å²) in [5.74, 6) is -0.745. The predicted octanol–water partition coefficient (Wildman–Crippen LogP) is 4.36. The summed E-state index contributed by atoms with van der Waals surface area (Å²) in [4.78, 5) is 12.1. The molecular formula is C17H17Cl3FN2O+. The molecule has 24 heavy (non-hydrogen) atoms. The first-order valence-electron chi connectivity index (χ1n) is 7.31. The molecule has 3 nitrogen and oxygen atoms in total. The Balaban J connectivity index is 1.97. The van der Waals surface area contributed by atoms with Crippen molar-refractivity contribution in [3.8, 4) is 0 Å². The first-order valence-corrected chi connectivity index (χ1v) is 8.45. The summed E-state index contributed by atoms with van der Waals surface area (Å²) in [6.07, 6.45) is 0. The number of aryl methyl sites for hydroxylation is 1. The zero-order chi connectivity index (χ0) is 17.9. The lowest BCUT2D eigenvalue weighted by atomic mass is 10.1. The van der Waals surface area contributed by atoms with E-state index in [9.17, 15) is 9.18 Å². The molecule has 2 aromatic carbocycles. The van der Waals surface area contributed by atoms with E-state index >= 15 is 0 Å². The number of halogens is 4. The molecule has 0 aliphatic rings. The number of benzene rings is 2. The third-order valence-corrected chi connectivity index (χ3v) is 4.52. The van der Waals surface area contributed by atoms with Gasteiger partial charge in [-0.2, -0.15) is 0 Å². The van der Waals surface area contributed by atoms with E-state index in [1.54, 1.807) is 17.4 Å². The second-order valence-electron chi connectivity index (χ2n) is 5.55. The van der Waals surface area contributed by atoms with Crippen molar-refractivity contribution in [2.75, 3.05) is 11.9 Å². The van der Waals surface area contributed by atoms with Gasteiger partial charge in [0.15, 0.2) is 6.54 Å². The molecule has 0 fully saturated rings. The van der Waals surface area contributed by atoms with Gasteiger partial charge in [-0.05, 0) is 43.7 Å². The van der Waals surface area contributed by atoms with Gasteiger partial charge in [0, 0.05) is 5.56 Å². The molecule has 1 amide bonds. The lowest BCUT2D eigenvalue weighted by molar-refractivity contribution is -0.682. The third kappa shape index (κ3) is 4.84. The normalized spacial score (nSPS) is 12.1. The maximum atomic E-state index is 13.6. The van der Waals surface area contributed by atoms with E-state index < -0.39 is 5.82 Å². The molecule has 0 radical (unpaired) electrons. The van der Waals surface area contributed by atoms with Crippen LogP contribution in [-0.4, -0.2) is 12.5 Å². The Morgan fingerprint density at radius 3 is 2.54 bits per heavy atom. The summed E-state index contributed by atoms with van der Waals surface area (Å²) in [6, 6.07) is 7.85. The molecule has 0 spiro atoms. The Morgan fingerprint density at radius 1 is 1.17 bits per heavy atom. The van der Waals surface area contributed by atoms with Gasteiger partial charge in [-0.25, -0.2) is 4.39 Å². The highest BCUT2D eigenvalue weighted by atomic mass is 35.5. The van der Waals surface area contributed by atoms with Crippen LogP contribution in [0.4, 0.5) is 10.1 Å². The Bertz CT molecular complexity index is 768. The number of hydrogen-bond acceptors (Lipinski definition) is 1. The molecule has 7 heteroatoms. The highest BCUT2D eigenvalue weighted by molar-refractivity contribution is 6.35. The smallest absolute Gasteiger partial charge is 0.279 e. The molecule has 0 aromatic heterocycles. The molecule has 0 saturated heterocycles. The van der Waals surface area contributed by atoms with Crippen LogP contribution in [0.25, 0.3) is 0 Å². The summed E-state index contributed by atoms with van der Waals surface area (Å²) in [5.41, 5.74) is 2.15. The topological polar surface area (TPSA) is 45.7 Å². The van der Waals surface area contributed by atoms with E-state index in [0.717, 1.165) is 5.56 Å². The maximum absolute atomic E-state index is 13.6. The molecule has 0 aliphatic heterocycles. The monoisotopic (exact) mass is 389 g/mol. The minimum absolute atomic E-state index is 0.0253. The summed E-state index contributed by atoms with van der Waals surface area (Å²) >= 11 is 17.9. The number of hydrogen-bond donors (Lipinski definition) is 2. The summed E-state index contributed by atoms with van der Waals surface area (Å²) in [7, 11) is 0. The molecular weight excluding hydrogens is 374 g/mol. The summed E-state index contributed by atoms with van der Waals surface area (Å²) in [5, 5.41) is 5.33. The van der Waals surface area contributed by atoms with Crippen molar-refractivity contribution in [1.29, 1.82) is 0 Å². The highest BCUT2D eigenvalue weighted by Gasteiger charge is 2.17. The maximum Gasteiger partial charge on any atom is 0.279 e. The summed E-state index contributed by atoms with van der Waals surface area (Å²) in [6.45, 7) is 3.90. The molecule has 2 rings (SSSR count). The van der Waals surface area contributed by atoms with Gasteiger partial charge in [-0.1, -0.05) is 40.9 Å². The minimum atomic E-state index is -0.535. The largest absolute Gasteiger partial charge is 0.332 e.